The topological polar surface area (TPSA) is 43.4 Å². The van der Waals surface area contributed by atoms with E-state index in [4.69, 9.17) is 4.74 Å². The van der Waals surface area contributed by atoms with Crippen LogP contribution in [0.5, 0.6) is 0 Å². The molecule has 0 saturated heterocycles. The van der Waals surface area contributed by atoms with Crippen LogP contribution in [0.2, 0.25) is 0 Å². The van der Waals surface area contributed by atoms with Gasteiger partial charge >= 0.3 is 5.97 Å². The Morgan fingerprint density at radius 2 is 1.67 bits per heavy atom. The molecule has 0 unspecified atom stereocenters. The Kier molecular flexibility index (Phi) is 3.43. The molecule has 12 heavy (non-hydrogen) atoms. The van der Waals surface area contributed by atoms with Gasteiger partial charge in [0.05, 0.1) is 5.41 Å². The van der Waals surface area contributed by atoms with Crippen LogP contribution >= 0.6 is 0 Å². The smallest absolute Gasteiger partial charge is 0.311 e. The molecule has 3 heteroatoms. The third kappa shape index (κ3) is 3.51. The minimum absolute atomic E-state index is 0.132. The average Bonchev–Trinajstić information content (AvgIpc) is 1.85. The molecule has 0 aliphatic carbocycles. The Morgan fingerprint density at radius 3 is 1.92 bits per heavy atom. The first-order valence-electron chi connectivity index (χ1n) is 3.96. The van der Waals surface area contributed by atoms with E-state index < -0.39 is 11.5 Å². The van der Waals surface area contributed by atoms with E-state index in [-0.39, 0.29) is 11.8 Å². The van der Waals surface area contributed by atoms with E-state index in [9.17, 15) is 9.59 Å². The van der Waals surface area contributed by atoms with Gasteiger partial charge in [0.15, 0.2) is 11.9 Å². The van der Waals surface area contributed by atoms with Crippen molar-refractivity contribution in [3.63, 3.8) is 0 Å². The van der Waals surface area contributed by atoms with Gasteiger partial charge in [-0.1, -0.05) is 0 Å². The molecule has 0 fully saturated rings. The van der Waals surface area contributed by atoms with E-state index in [0.29, 0.717) is 0 Å². The maximum Gasteiger partial charge on any atom is 0.311 e. The Morgan fingerprint density at radius 1 is 1.25 bits per heavy atom. The Hall–Kier alpha value is -0.860. The molecule has 70 valence electrons. The van der Waals surface area contributed by atoms with Gasteiger partial charge in [-0.15, -0.1) is 0 Å². The van der Waals surface area contributed by atoms with Crippen LogP contribution in [0.4, 0.5) is 0 Å². The molecule has 0 bridgehead atoms. The molecule has 0 amide bonds. The summed E-state index contributed by atoms with van der Waals surface area (Å²) in [6.07, 6.45) is -0.628. The Labute approximate surface area is 73.1 Å². The van der Waals surface area contributed by atoms with Crippen molar-refractivity contribution in [1.29, 1.82) is 0 Å². The predicted molar refractivity (Wildman–Crippen MR) is 45.7 cm³/mol. The number of esters is 1. The largest absolute Gasteiger partial charge is 0.454 e. The lowest BCUT2D eigenvalue weighted by molar-refractivity contribution is -0.161. The van der Waals surface area contributed by atoms with Gasteiger partial charge in [0.1, 0.15) is 0 Å². The van der Waals surface area contributed by atoms with Crippen molar-refractivity contribution in [1.82, 2.24) is 0 Å². The number of ketones is 1. The third-order valence-electron chi connectivity index (χ3n) is 1.47. The van der Waals surface area contributed by atoms with Crippen molar-refractivity contribution >= 4 is 11.8 Å². The van der Waals surface area contributed by atoms with Crippen LogP contribution in [-0.4, -0.2) is 17.9 Å². The first-order valence-corrected chi connectivity index (χ1v) is 3.96. The van der Waals surface area contributed by atoms with Crippen molar-refractivity contribution in [3.8, 4) is 0 Å². The highest BCUT2D eigenvalue weighted by molar-refractivity contribution is 5.84. The zero-order valence-corrected chi connectivity index (χ0v) is 8.30. The lowest BCUT2D eigenvalue weighted by Gasteiger charge is -2.19. The standard InChI is InChI=1S/C9H16O3/c1-6(10)7(2)12-8(11)9(3,4)5/h7H,1-5H3/t7-/m1/s1. The van der Waals surface area contributed by atoms with Crippen molar-refractivity contribution in [2.24, 2.45) is 5.41 Å². The molecule has 0 N–H and O–H groups in total. The molecule has 0 spiro atoms. The van der Waals surface area contributed by atoms with Crippen molar-refractivity contribution in [2.75, 3.05) is 0 Å². The molecular weight excluding hydrogens is 156 g/mol. The van der Waals surface area contributed by atoms with Gasteiger partial charge in [-0.25, -0.2) is 0 Å². The summed E-state index contributed by atoms with van der Waals surface area (Å²) in [5, 5.41) is 0. The summed E-state index contributed by atoms with van der Waals surface area (Å²) in [7, 11) is 0. The second kappa shape index (κ2) is 3.70. The van der Waals surface area contributed by atoms with Crippen LogP contribution in [0.1, 0.15) is 34.6 Å². The molecular formula is C9H16O3. The summed E-state index contributed by atoms with van der Waals surface area (Å²) < 4.78 is 4.89. The molecule has 0 rings (SSSR count). The first-order chi connectivity index (χ1) is 5.25. The van der Waals surface area contributed by atoms with E-state index in [1.165, 1.54) is 6.92 Å². The van der Waals surface area contributed by atoms with Crippen LogP contribution in [0.15, 0.2) is 0 Å². The Balaban J connectivity index is 4.11. The number of hydrogen-bond acceptors (Lipinski definition) is 3. The van der Waals surface area contributed by atoms with Gasteiger partial charge < -0.3 is 4.74 Å². The number of carbonyl (C=O) groups excluding carboxylic acids is 2. The van der Waals surface area contributed by atoms with Crippen molar-refractivity contribution < 1.29 is 14.3 Å². The van der Waals surface area contributed by atoms with E-state index in [1.807, 2.05) is 0 Å². The second-order valence-electron chi connectivity index (χ2n) is 3.91. The lowest BCUT2D eigenvalue weighted by Crippen LogP contribution is -2.30. The van der Waals surface area contributed by atoms with E-state index in [0.717, 1.165) is 0 Å². The average molecular weight is 172 g/mol. The first kappa shape index (κ1) is 11.1. The lowest BCUT2D eigenvalue weighted by atomic mass is 9.97. The molecule has 0 heterocycles. The van der Waals surface area contributed by atoms with Gasteiger partial charge in [0.2, 0.25) is 0 Å². The molecule has 0 radical (unpaired) electrons. The van der Waals surface area contributed by atoms with Gasteiger partial charge in [0.25, 0.3) is 0 Å². The molecule has 3 nitrogen and oxygen atoms in total. The third-order valence-corrected chi connectivity index (χ3v) is 1.47. The highest BCUT2D eigenvalue weighted by Gasteiger charge is 2.25. The zero-order chi connectivity index (χ0) is 9.94. The quantitative estimate of drug-likeness (QED) is 0.593. The van der Waals surface area contributed by atoms with Gasteiger partial charge in [0, 0.05) is 0 Å². The summed E-state index contributed by atoms with van der Waals surface area (Å²) in [6.45, 7) is 8.24. The minimum atomic E-state index is -0.628. The number of ether oxygens (including phenoxy) is 1. The maximum atomic E-state index is 11.2. The fourth-order valence-electron chi connectivity index (χ4n) is 0.420. The summed E-state index contributed by atoms with van der Waals surface area (Å²) in [6, 6.07) is 0. The van der Waals surface area contributed by atoms with Crippen molar-refractivity contribution in [2.45, 2.75) is 40.7 Å². The normalized spacial score (nSPS) is 13.8. The van der Waals surface area contributed by atoms with Crippen LogP contribution in [0.25, 0.3) is 0 Å². The SMILES string of the molecule is CC(=O)[C@@H](C)OC(=O)C(C)(C)C. The monoisotopic (exact) mass is 172 g/mol. The fraction of sp³-hybridized carbons (Fsp3) is 0.778. The second-order valence-corrected chi connectivity index (χ2v) is 3.91. The van der Waals surface area contributed by atoms with Crippen LogP contribution in [0.3, 0.4) is 0 Å². The molecule has 0 aromatic rings. The van der Waals surface area contributed by atoms with E-state index in [1.54, 1.807) is 27.7 Å². The van der Waals surface area contributed by atoms with Gasteiger partial charge in [-0.3, -0.25) is 9.59 Å². The maximum absolute atomic E-state index is 11.2. The highest BCUT2D eigenvalue weighted by Crippen LogP contribution is 2.16. The summed E-state index contributed by atoms with van der Waals surface area (Å²) >= 11 is 0. The number of hydrogen-bond donors (Lipinski definition) is 0. The summed E-state index contributed by atoms with van der Waals surface area (Å²) in [5.74, 6) is -0.474. The van der Waals surface area contributed by atoms with Gasteiger partial charge in [-0.05, 0) is 34.6 Å². The number of carbonyl (C=O) groups is 2. The predicted octanol–water partition coefficient (Wildman–Crippen LogP) is 1.55. The van der Waals surface area contributed by atoms with Crippen LogP contribution in [0, 0.1) is 5.41 Å². The molecule has 1 atom stereocenters. The minimum Gasteiger partial charge on any atom is -0.454 e. The Bertz CT molecular complexity index is 188. The summed E-state index contributed by atoms with van der Waals surface area (Å²) in [4.78, 5) is 21.9. The van der Waals surface area contributed by atoms with Crippen LogP contribution in [-0.2, 0) is 14.3 Å². The molecule has 0 saturated carbocycles. The fourth-order valence-corrected chi connectivity index (χ4v) is 0.420. The summed E-state index contributed by atoms with van der Waals surface area (Å²) in [5.41, 5.74) is -0.538. The van der Waals surface area contributed by atoms with E-state index >= 15 is 0 Å². The van der Waals surface area contributed by atoms with E-state index in [2.05, 4.69) is 0 Å². The highest BCUT2D eigenvalue weighted by atomic mass is 16.5. The van der Waals surface area contributed by atoms with Crippen molar-refractivity contribution in [3.05, 3.63) is 0 Å². The van der Waals surface area contributed by atoms with Crippen LogP contribution < -0.4 is 0 Å². The molecule has 0 aromatic carbocycles. The number of Topliss-reactive ketones (excluding diaryl/α,β-unsaturated/α-hetero) is 1. The zero-order valence-electron chi connectivity index (χ0n) is 8.30. The number of rotatable bonds is 2. The van der Waals surface area contributed by atoms with Gasteiger partial charge in [-0.2, -0.15) is 0 Å². The molecule has 0 aliphatic rings. The molecule has 0 aliphatic heterocycles. The molecule has 0 aromatic heterocycles.